The first-order valence-corrected chi connectivity index (χ1v) is 5.57. The largest absolute Gasteiger partial charge is 0.496 e. The highest BCUT2D eigenvalue weighted by atomic mass is 16.5. The molecule has 1 aromatic rings. The van der Waals surface area contributed by atoms with Crippen molar-refractivity contribution in [1.29, 1.82) is 0 Å². The van der Waals surface area contributed by atoms with E-state index in [4.69, 9.17) is 9.84 Å². The van der Waals surface area contributed by atoms with Crippen LogP contribution in [0, 0.1) is 6.92 Å². The molecule has 0 aromatic heterocycles. The van der Waals surface area contributed by atoms with Gasteiger partial charge in [0, 0.05) is 11.0 Å². The lowest BCUT2D eigenvalue weighted by molar-refractivity contribution is -0.148. The lowest BCUT2D eigenvalue weighted by atomic mass is 9.88. The van der Waals surface area contributed by atoms with Gasteiger partial charge >= 0.3 is 5.97 Å². The van der Waals surface area contributed by atoms with Crippen LogP contribution in [0.3, 0.4) is 0 Å². The number of hydrogen-bond acceptors (Lipinski definition) is 3. The van der Waals surface area contributed by atoms with Gasteiger partial charge in [-0.1, -0.05) is 12.1 Å². The average Bonchev–Trinajstić information content (AvgIpc) is 3.09. The van der Waals surface area contributed by atoms with E-state index in [1.165, 1.54) is 0 Å². The van der Waals surface area contributed by atoms with E-state index in [2.05, 4.69) is 0 Å². The fourth-order valence-electron chi connectivity index (χ4n) is 2.27. The lowest BCUT2D eigenvalue weighted by Gasteiger charge is -2.21. The smallest absolute Gasteiger partial charge is 0.333 e. The summed E-state index contributed by atoms with van der Waals surface area (Å²) in [6.07, 6.45) is -0.00105. The maximum atomic E-state index is 10.9. The third-order valence-corrected chi connectivity index (χ3v) is 3.44. The number of carboxylic acids is 1. The van der Waals surface area contributed by atoms with Gasteiger partial charge in [0.1, 0.15) is 5.75 Å². The van der Waals surface area contributed by atoms with Gasteiger partial charge < -0.3 is 14.9 Å². The number of hydrogen-bond donors (Lipinski definition) is 2. The number of aryl methyl sites for hydroxylation is 1. The minimum absolute atomic E-state index is 0.655. The van der Waals surface area contributed by atoms with Crippen LogP contribution < -0.4 is 4.74 Å². The first kappa shape index (κ1) is 11.9. The Bertz CT molecular complexity index is 449. The van der Waals surface area contributed by atoms with Gasteiger partial charge in [0.2, 0.25) is 0 Å². The summed E-state index contributed by atoms with van der Waals surface area (Å²) in [5.41, 5.74) is 1.18. The molecule has 4 nitrogen and oxygen atoms in total. The maximum Gasteiger partial charge on any atom is 0.333 e. The number of aliphatic hydroxyl groups is 1. The molecule has 1 aliphatic carbocycles. The molecule has 0 heterocycles. The van der Waals surface area contributed by atoms with Gasteiger partial charge in [-0.2, -0.15) is 0 Å². The van der Waals surface area contributed by atoms with Crippen molar-refractivity contribution in [3.05, 3.63) is 29.3 Å². The van der Waals surface area contributed by atoms with E-state index in [0.29, 0.717) is 18.6 Å². The number of carboxylic acid groups (broad SMARTS) is 1. The number of methoxy groups -OCH3 is 1. The molecule has 2 rings (SSSR count). The zero-order chi connectivity index (χ0) is 12.6. The molecule has 0 spiro atoms. The fourth-order valence-corrected chi connectivity index (χ4v) is 2.27. The van der Waals surface area contributed by atoms with Crippen LogP contribution in [0.4, 0.5) is 0 Å². The second kappa shape index (κ2) is 4.04. The maximum absolute atomic E-state index is 10.9. The van der Waals surface area contributed by atoms with Crippen LogP contribution in [0.1, 0.15) is 24.0 Å². The summed E-state index contributed by atoms with van der Waals surface area (Å²) < 4.78 is 5.28. The first-order valence-electron chi connectivity index (χ1n) is 5.57. The molecular formula is C13H16O4. The summed E-state index contributed by atoms with van der Waals surface area (Å²) in [5, 5.41) is 18.8. The van der Waals surface area contributed by atoms with Crippen LogP contribution >= 0.6 is 0 Å². The molecule has 1 aromatic carbocycles. The molecule has 1 saturated carbocycles. The summed E-state index contributed by atoms with van der Waals surface area (Å²) in [6, 6.07) is 5.63. The number of benzene rings is 1. The highest BCUT2D eigenvalue weighted by Crippen LogP contribution is 2.53. The van der Waals surface area contributed by atoms with Gasteiger partial charge in [-0.25, -0.2) is 4.79 Å². The van der Waals surface area contributed by atoms with Gasteiger partial charge in [0.15, 0.2) is 6.10 Å². The lowest BCUT2D eigenvalue weighted by Crippen LogP contribution is -2.34. The van der Waals surface area contributed by atoms with Crippen molar-refractivity contribution in [2.24, 2.45) is 0 Å². The number of carbonyl (C=O) groups is 1. The topological polar surface area (TPSA) is 66.8 Å². The summed E-state index contributed by atoms with van der Waals surface area (Å²) in [5.74, 6) is -0.520. The minimum Gasteiger partial charge on any atom is -0.496 e. The molecule has 0 amide bonds. The van der Waals surface area contributed by atoms with Crippen LogP contribution in [0.5, 0.6) is 5.75 Å². The van der Waals surface area contributed by atoms with Crippen molar-refractivity contribution in [3.63, 3.8) is 0 Å². The van der Waals surface area contributed by atoms with E-state index in [0.717, 1.165) is 11.1 Å². The summed E-state index contributed by atoms with van der Waals surface area (Å²) in [6.45, 7) is 1.94. The number of rotatable bonds is 4. The third kappa shape index (κ3) is 1.89. The zero-order valence-electron chi connectivity index (χ0n) is 9.93. The van der Waals surface area contributed by atoms with Crippen molar-refractivity contribution < 1.29 is 19.7 Å². The molecule has 1 atom stereocenters. The van der Waals surface area contributed by atoms with Crippen molar-refractivity contribution in [2.75, 3.05) is 7.11 Å². The Morgan fingerprint density at radius 1 is 1.47 bits per heavy atom. The second-order valence-electron chi connectivity index (χ2n) is 4.60. The van der Waals surface area contributed by atoms with E-state index < -0.39 is 17.5 Å². The van der Waals surface area contributed by atoms with Crippen molar-refractivity contribution in [1.82, 2.24) is 0 Å². The Hall–Kier alpha value is -1.55. The van der Waals surface area contributed by atoms with Crippen molar-refractivity contribution in [2.45, 2.75) is 31.3 Å². The van der Waals surface area contributed by atoms with Gasteiger partial charge in [-0.15, -0.1) is 0 Å². The summed E-state index contributed by atoms with van der Waals surface area (Å²) in [4.78, 5) is 10.9. The Morgan fingerprint density at radius 2 is 2.12 bits per heavy atom. The van der Waals surface area contributed by atoms with Gasteiger partial charge in [0.25, 0.3) is 0 Å². The van der Waals surface area contributed by atoms with E-state index in [-0.39, 0.29) is 0 Å². The normalized spacial score (nSPS) is 18.5. The third-order valence-electron chi connectivity index (χ3n) is 3.44. The molecule has 92 valence electrons. The van der Waals surface area contributed by atoms with Gasteiger partial charge in [-0.3, -0.25) is 0 Å². The van der Waals surface area contributed by atoms with E-state index >= 15 is 0 Å². The number of ether oxygens (including phenoxy) is 1. The zero-order valence-corrected chi connectivity index (χ0v) is 9.93. The molecule has 1 unspecified atom stereocenters. The molecule has 0 bridgehead atoms. The monoisotopic (exact) mass is 236 g/mol. The summed E-state index contributed by atoms with van der Waals surface area (Å²) >= 11 is 0. The Labute approximate surface area is 99.8 Å². The van der Waals surface area contributed by atoms with Gasteiger partial charge in [-0.05, 0) is 31.4 Å². The van der Waals surface area contributed by atoms with E-state index in [1.807, 2.05) is 25.1 Å². The predicted molar refractivity (Wildman–Crippen MR) is 62.3 cm³/mol. The van der Waals surface area contributed by atoms with E-state index in [1.54, 1.807) is 7.11 Å². The van der Waals surface area contributed by atoms with Crippen LogP contribution in [-0.4, -0.2) is 29.4 Å². The van der Waals surface area contributed by atoms with Crippen LogP contribution in [-0.2, 0) is 10.2 Å². The molecule has 1 aliphatic rings. The Balaban J connectivity index is 2.43. The van der Waals surface area contributed by atoms with Crippen molar-refractivity contribution in [3.8, 4) is 5.75 Å². The molecule has 0 aliphatic heterocycles. The van der Waals surface area contributed by atoms with Crippen molar-refractivity contribution >= 4 is 5.97 Å². The first-order chi connectivity index (χ1) is 8.01. The van der Waals surface area contributed by atoms with Gasteiger partial charge in [0.05, 0.1) is 7.11 Å². The number of aliphatic hydroxyl groups excluding tert-OH is 1. The Kier molecular flexibility index (Phi) is 2.83. The molecule has 1 fully saturated rings. The standard InChI is InChI=1S/C13H16O4/c1-8-3-4-9(10(7-8)17-2)13(5-6-13)11(14)12(15)16/h3-4,7,11,14H,5-6H2,1-2H3,(H,15,16). The minimum atomic E-state index is -1.36. The number of aliphatic carboxylic acids is 1. The average molecular weight is 236 g/mol. The van der Waals surface area contributed by atoms with E-state index in [9.17, 15) is 9.90 Å². The Morgan fingerprint density at radius 3 is 2.59 bits per heavy atom. The summed E-state index contributed by atoms with van der Waals surface area (Å²) in [7, 11) is 1.56. The fraction of sp³-hybridized carbons (Fsp3) is 0.462. The molecule has 17 heavy (non-hydrogen) atoms. The SMILES string of the molecule is COc1cc(C)ccc1C1(C(O)C(=O)O)CC1. The second-order valence-corrected chi connectivity index (χ2v) is 4.60. The highest BCUT2D eigenvalue weighted by molar-refractivity contribution is 5.76. The van der Waals surface area contributed by atoms with Crippen LogP contribution in [0.2, 0.25) is 0 Å². The molecule has 2 N–H and O–H groups in total. The van der Waals surface area contributed by atoms with Crippen LogP contribution in [0.15, 0.2) is 18.2 Å². The molecule has 0 saturated heterocycles. The highest BCUT2D eigenvalue weighted by Gasteiger charge is 2.54. The molecule has 4 heteroatoms. The van der Waals surface area contributed by atoms with Crippen LogP contribution in [0.25, 0.3) is 0 Å². The predicted octanol–water partition coefficient (Wildman–Crippen LogP) is 1.48. The molecular weight excluding hydrogens is 220 g/mol. The quantitative estimate of drug-likeness (QED) is 0.831. The molecule has 0 radical (unpaired) electrons.